The number of piperidine rings is 1. The third-order valence-corrected chi connectivity index (χ3v) is 8.13. The van der Waals surface area contributed by atoms with Crippen LogP contribution in [-0.4, -0.2) is 31.7 Å². The van der Waals surface area contributed by atoms with E-state index in [9.17, 15) is 13.2 Å². The van der Waals surface area contributed by atoms with Crippen LogP contribution < -0.4 is 5.32 Å². The van der Waals surface area contributed by atoms with Crippen LogP contribution in [0.25, 0.3) is 0 Å². The molecule has 2 aromatic carbocycles. The zero-order chi connectivity index (χ0) is 22.6. The molecule has 1 aliphatic heterocycles. The molecule has 0 bridgehead atoms. The van der Waals surface area contributed by atoms with Gasteiger partial charge in [0.1, 0.15) is 0 Å². The van der Waals surface area contributed by atoms with Crippen LogP contribution in [0.1, 0.15) is 49.4 Å². The summed E-state index contributed by atoms with van der Waals surface area (Å²) in [5.74, 6) is -0.699. The highest BCUT2D eigenvalue weighted by molar-refractivity contribution is 7.88. The number of nitrogens with one attached hydrogen (secondary N) is 1. The van der Waals surface area contributed by atoms with Gasteiger partial charge in [-0.1, -0.05) is 60.5 Å². The lowest BCUT2D eigenvalue weighted by Gasteiger charge is -2.32. The lowest BCUT2D eigenvalue weighted by Crippen LogP contribution is -2.46. The molecule has 1 heterocycles. The second kappa shape index (κ2) is 10.3. The van der Waals surface area contributed by atoms with E-state index in [1.807, 2.05) is 19.1 Å². The topological polar surface area (TPSA) is 66.5 Å². The van der Waals surface area contributed by atoms with Gasteiger partial charge in [0.15, 0.2) is 0 Å². The number of hydrogen-bond acceptors (Lipinski definition) is 3. The minimum absolute atomic E-state index is 0.114. The molecule has 1 N–H and O–H groups in total. The summed E-state index contributed by atoms with van der Waals surface area (Å²) in [5, 5.41) is 3.83. The van der Waals surface area contributed by atoms with E-state index in [4.69, 9.17) is 23.2 Å². The van der Waals surface area contributed by atoms with Crippen LogP contribution in [0.3, 0.4) is 0 Å². The van der Waals surface area contributed by atoms with E-state index in [1.54, 1.807) is 12.1 Å². The third kappa shape index (κ3) is 6.22. The van der Waals surface area contributed by atoms with E-state index in [0.29, 0.717) is 35.0 Å². The summed E-state index contributed by atoms with van der Waals surface area (Å²) in [7, 11) is -3.60. The minimum Gasteiger partial charge on any atom is -0.349 e. The number of carbonyl (C=O) groups is 1. The highest BCUT2D eigenvalue weighted by Gasteiger charge is 2.33. The number of sulfonamides is 1. The maximum Gasteiger partial charge on any atom is 0.224 e. The lowest BCUT2D eigenvalue weighted by molar-refractivity contribution is -0.126. The lowest BCUT2D eigenvalue weighted by atomic mass is 9.97. The second-order valence-corrected chi connectivity index (χ2v) is 10.8. The average molecular weight is 483 g/mol. The SMILES string of the molecule is CCc1ccc([C@H](C)NC(=O)[C@H]2CCCN(S(=O)(=O)Cc3ccc(Cl)cc3Cl)C2)cc1. The molecule has 1 fully saturated rings. The van der Waals surface area contributed by atoms with Crippen LogP contribution in [0.4, 0.5) is 0 Å². The van der Waals surface area contributed by atoms with E-state index < -0.39 is 10.0 Å². The average Bonchev–Trinajstić information content (AvgIpc) is 2.75. The van der Waals surface area contributed by atoms with E-state index in [2.05, 4.69) is 24.4 Å². The fraction of sp³-hybridized carbons (Fsp3) is 0.435. The predicted molar refractivity (Wildman–Crippen MR) is 126 cm³/mol. The monoisotopic (exact) mass is 482 g/mol. The van der Waals surface area contributed by atoms with Crippen molar-refractivity contribution in [2.75, 3.05) is 13.1 Å². The Balaban J connectivity index is 1.63. The summed E-state index contributed by atoms with van der Waals surface area (Å²) in [6.45, 7) is 4.63. The Hall–Kier alpha value is -1.60. The summed E-state index contributed by atoms with van der Waals surface area (Å²) in [6, 6.07) is 12.8. The van der Waals surface area contributed by atoms with Crippen molar-refractivity contribution < 1.29 is 13.2 Å². The van der Waals surface area contributed by atoms with Crippen LogP contribution in [0.2, 0.25) is 10.0 Å². The molecule has 1 aliphatic rings. The quantitative estimate of drug-likeness (QED) is 0.605. The van der Waals surface area contributed by atoms with Crippen LogP contribution in [-0.2, 0) is 27.0 Å². The van der Waals surface area contributed by atoms with Crippen molar-refractivity contribution >= 4 is 39.1 Å². The van der Waals surface area contributed by atoms with Crippen LogP contribution in [0.15, 0.2) is 42.5 Å². The maximum absolute atomic E-state index is 13.0. The summed E-state index contributed by atoms with van der Waals surface area (Å²) < 4.78 is 27.3. The van der Waals surface area contributed by atoms with Gasteiger partial charge < -0.3 is 5.32 Å². The number of benzene rings is 2. The van der Waals surface area contributed by atoms with Gasteiger partial charge in [-0.2, -0.15) is 0 Å². The molecular weight excluding hydrogens is 455 g/mol. The molecule has 1 saturated heterocycles. The smallest absolute Gasteiger partial charge is 0.224 e. The van der Waals surface area contributed by atoms with E-state index in [-0.39, 0.29) is 30.2 Å². The number of rotatable bonds is 7. The second-order valence-electron chi connectivity index (χ2n) is 8.01. The molecule has 168 valence electrons. The van der Waals surface area contributed by atoms with Gasteiger partial charge in [-0.15, -0.1) is 0 Å². The van der Waals surface area contributed by atoms with E-state index in [0.717, 1.165) is 12.0 Å². The summed E-state index contributed by atoms with van der Waals surface area (Å²) in [4.78, 5) is 12.9. The van der Waals surface area contributed by atoms with Gasteiger partial charge in [0.05, 0.1) is 17.7 Å². The van der Waals surface area contributed by atoms with Gasteiger partial charge in [-0.05, 0) is 55.0 Å². The Bertz CT molecular complexity index is 1030. The molecule has 2 atom stereocenters. The van der Waals surface area contributed by atoms with Gasteiger partial charge in [-0.25, -0.2) is 12.7 Å². The van der Waals surface area contributed by atoms with Gasteiger partial charge >= 0.3 is 0 Å². The Kier molecular flexibility index (Phi) is 8.03. The van der Waals surface area contributed by atoms with Crippen molar-refractivity contribution in [3.8, 4) is 0 Å². The first-order valence-electron chi connectivity index (χ1n) is 10.5. The van der Waals surface area contributed by atoms with Crippen molar-refractivity contribution in [2.24, 2.45) is 5.92 Å². The van der Waals surface area contributed by atoms with E-state index in [1.165, 1.54) is 15.9 Å². The maximum atomic E-state index is 13.0. The highest BCUT2D eigenvalue weighted by atomic mass is 35.5. The summed E-state index contributed by atoms with van der Waals surface area (Å²) in [5.41, 5.74) is 2.78. The normalized spacial score (nSPS) is 18.5. The first-order valence-corrected chi connectivity index (χ1v) is 12.9. The molecule has 0 unspecified atom stereocenters. The summed E-state index contributed by atoms with van der Waals surface area (Å²) in [6.07, 6.45) is 2.28. The van der Waals surface area contributed by atoms with Crippen molar-refractivity contribution in [1.29, 1.82) is 0 Å². The first-order chi connectivity index (χ1) is 14.7. The third-order valence-electron chi connectivity index (χ3n) is 5.75. The molecule has 0 saturated carbocycles. The molecule has 2 aromatic rings. The molecule has 0 spiro atoms. The molecule has 0 aromatic heterocycles. The van der Waals surface area contributed by atoms with Gasteiger partial charge in [-0.3, -0.25) is 4.79 Å². The Morgan fingerprint density at radius 3 is 2.55 bits per heavy atom. The van der Waals surface area contributed by atoms with Crippen molar-refractivity contribution in [1.82, 2.24) is 9.62 Å². The van der Waals surface area contributed by atoms with Gasteiger partial charge in [0.2, 0.25) is 15.9 Å². The molecule has 8 heteroatoms. The molecule has 5 nitrogen and oxygen atoms in total. The van der Waals surface area contributed by atoms with Crippen molar-refractivity contribution in [3.05, 3.63) is 69.2 Å². The zero-order valence-electron chi connectivity index (χ0n) is 17.8. The number of amides is 1. The molecule has 0 aliphatic carbocycles. The Morgan fingerprint density at radius 2 is 1.90 bits per heavy atom. The number of carbonyl (C=O) groups excluding carboxylic acids is 1. The number of halogens is 2. The van der Waals surface area contributed by atoms with Gasteiger partial charge in [0.25, 0.3) is 0 Å². The fourth-order valence-corrected chi connectivity index (χ4v) is 5.99. The minimum atomic E-state index is -3.60. The standard InChI is InChI=1S/C23H28Cl2N2O3S/c1-3-17-6-8-18(9-7-17)16(2)26-23(28)19-5-4-12-27(14-19)31(29,30)15-20-10-11-21(24)13-22(20)25/h6-11,13,16,19H,3-5,12,14-15H2,1-2H3,(H,26,28)/t16-,19-/m0/s1. The molecular formula is C23H28Cl2N2O3S. The fourth-order valence-electron chi connectivity index (χ4n) is 3.79. The zero-order valence-corrected chi connectivity index (χ0v) is 20.1. The molecule has 3 rings (SSSR count). The van der Waals surface area contributed by atoms with Crippen molar-refractivity contribution in [2.45, 2.75) is 44.9 Å². The summed E-state index contributed by atoms with van der Waals surface area (Å²) >= 11 is 12.1. The molecule has 31 heavy (non-hydrogen) atoms. The predicted octanol–water partition coefficient (Wildman–Crippen LogP) is 4.98. The Labute approximate surface area is 194 Å². The highest BCUT2D eigenvalue weighted by Crippen LogP contribution is 2.27. The first kappa shape index (κ1) is 24.1. The van der Waals surface area contributed by atoms with Crippen LogP contribution in [0.5, 0.6) is 0 Å². The number of aryl methyl sites for hydroxylation is 1. The van der Waals surface area contributed by atoms with Gasteiger partial charge in [0, 0.05) is 23.1 Å². The Morgan fingerprint density at radius 1 is 1.19 bits per heavy atom. The van der Waals surface area contributed by atoms with Crippen LogP contribution >= 0.6 is 23.2 Å². The number of nitrogens with zero attached hydrogens (tertiary/aromatic N) is 1. The van der Waals surface area contributed by atoms with Crippen molar-refractivity contribution in [3.63, 3.8) is 0 Å². The van der Waals surface area contributed by atoms with Crippen LogP contribution in [0, 0.1) is 5.92 Å². The number of hydrogen-bond donors (Lipinski definition) is 1. The largest absolute Gasteiger partial charge is 0.349 e. The molecule has 0 radical (unpaired) electrons. The molecule has 1 amide bonds. The van der Waals surface area contributed by atoms with E-state index >= 15 is 0 Å².